The second kappa shape index (κ2) is 7.91. The number of nitrogens with one attached hydrogen (secondary N) is 1. The maximum Gasteiger partial charge on any atom is 0.329 e. The predicted octanol–water partition coefficient (Wildman–Crippen LogP) is 3.79. The SMILES string of the molecule is CCn1c(=O)n(CC(=O)NC(CC(C)C)c2cccs2)c2ccccc21. The normalized spacial score (nSPS) is 12.6. The van der Waals surface area contributed by atoms with E-state index in [9.17, 15) is 9.59 Å². The van der Waals surface area contributed by atoms with Crippen LogP contribution in [-0.2, 0) is 17.9 Å². The van der Waals surface area contributed by atoms with Crippen LogP contribution in [0.25, 0.3) is 11.0 Å². The molecule has 2 heterocycles. The van der Waals surface area contributed by atoms with Crippen LogP contribution >= 0.6 is 11.3 Å². The summed E-state index contributed by atoms with van der Waals surface area (Å²) in [6.07, 6.45) is 0.873. The third-order valence-electron chi connectivity index (χ3n) is 4.47. The number of rotatable bonds is 7. The summed E-state index contributed by atoms with van der Waals surface area (Å²) in [5.74, 6) is 0.331. The molecule has 0 aliphatic rings. The van der Waals surface area contributed by atoms with Crippen molar-refractivity contribution in [1.82, 2.24) is 14.5 Å². The first-order valence-electron chi connectivity index (χ1n) is 9.02. The number of imidazole rings is 1. The highest BCUT2D eigenvalue weighted by Gasteiger charge is 2.19. The number of aromatic nitrogens is 2. The molecule has 0 aliphatic heterocycles. The van der Waals surface area contributed by atoms with E-state index >= 15 is 0 Å². The first-order valence-corrected chi connectivity index (χ1v) is 9.90. The van der Waals surface area contributed by atoms with E-state index in [0.717, 1.165) is 22.3 Å². The molecule has 0 bridgehead atoms. The van der Waals surface area contributed by atoms with Crippen LogP contribution in [0.5, 0.6) is 0 Å². The van der Waals surface area contributed by atoms with Gasteiger partial charge in [0.15, 0.2) is 0 Å². The van der Waals surface area contributed by atoms with Crippen LogP contribution in [0.1, 0.15) is 38.1 Å². The number of hydrogen-bond acceptors (Lipinski definition) is 3. The van der Waals surface area contributed by atoms with Crippen molar-refractivity contribution in [3.05, 3.63) is 57.1 Å². The lowest BCUT2D eigenvalue weighted by molar-refractivity contribution is -0.122. The minimum atomic E-state index is -0.139. The van der Waals surface area contributed by atoms with E-state index in [-0.39, 0.29) is 24.2 Å². The molecule has 138 valence electrons. The van der Waals surface area contributed by atoms with Gasteiger partial charge in [-0.15, -0.1) is 11.3 Å². The van der Waals surface area contributed by atoms with Gasteiger partial charge in [0.25, 0.3) is 0 Å². The second-order valence-corrected chi connectivity index (χ2v) is 7.85. The van der Waals surface area contributed by atoms with Crippen molar-refractivity contribution in [2.75, 3.05) is 0 Å². The molecule has 1 unspecified atom stereocenters. The number of amides is 1. The smallest absolute Gasteiger partial charge is 0.329 e. The zero-order valence-corrected chi connectivity index (χ0v) is 16.3. The zero-order chi connectivity index (χ0) is 18.7. The molecule has 26 heavy (non-hydrogen) atoms. The van der Waals surface area contributed by atoms with Crippen LogP contribution in [0, 0.1) is 5.92 Å². The first-order chi connectivity index (χ1) is 12.5. The molecule has 2 aromatic heterocycles. The van der Waals surface area contributed by atoms with Crippen LogP contribution in [0.4, 0.5) is 0 Å². The molecule has 5 nitrogen and oxygen atoms in total. The molecule has 1 atom stereocenters. The Morgan fingerprint density at radius 2 is 1.81 bits per heavy atom. The van der Waals surface area contributed by atoms with Crippen molar-refractivity contribution < 1.29 is 4.79 Å². The zero-order valence-electron chi connectivity index (χ0n) is 15.4. The number of carbonyl (C=O) groups excluding carboxylic acids is 1. The first kappa shape index (κ1) is 18.5. The van der Waals surface area contributed by atoms with Crippen molar-refractivity contribution in [3.63, 3.8) is 0 Å². The summed E-state index contributed by atoms with van der Waals surface area (Å²) >= 11 is 1.65. The van der Waals surface area contributed by atoms with E-state index in [1.54, 1.807) is 20.5 Å². The quantitative estimate of drug-likeness (QED) is 0.687. The van der Waals surface area contributed by atoms with Gasteiger partial charge in [0.05, 0.1) is 17.1 Å². The van der Waals surface area contributed by atoms with Gasteiger partial charge in [0.1, 0.15) is 6.54 Å². The third-order valence-corrected chi connectivity index (χ3v) is 5.46. The summed E-state index contributed by atoms with van der Waals surface area (Å²) in [6.45, 7) is 6.84. The highest BCUT2D eigenvalue weighted by Crippen LogP contribution is 2.25. The van der Waals surface area contributed by atoms with Crippen molar-refractivity contribution >= 4 is 28.3 Å². The van der Waals surface area contributed by atoms with Gasteiger partial charge in [-0.3, -0.25) is 13.9 Å². The summed E-state index contributed by atoms with van der Waals surface area (Å²) in [7, 11) is 0. The molecule has 6 heteroatoms. The Morgan fingerprint density at radius 3 is 2.38 bits per heavy atom. The molecule has 1 N–H and O–H groups in total. The van der Waals surface area contributed by atoms with Crippen molar-refractivity contribution in [3.8, 4) is 0 Å². The highest BCUT2D eigenvalue weighted by molar-refractivity contribution is 7.10. The fraction of sp³-hybridized carbons (Fsp3) is 0.400. The van der Waals surface area contributed by atoms with Gasteiger partial charge in [-0.2, -0.15) is 0 Å². The molecular weight excluding hydrogens is 346 g/mol. The van der Waals surface area contributed by atoms with Crippen LogP contribution < -0.4 is 11.0 Å². The number of para-hydroxylation sites is 2. The molecule has 0 aliphatic carbocycles. The average molecular weight is 372 g/mol. The number of fused-ring (bicyclic) bond motifs is 1. The maximum absolute atomic E-state index is 12.7. The van der Waals surface area contributed by atoms with Gasteiger partial charge in [-0.05, 0) is 42.8 Å². The summed E-state index contributed by atoms with van der Waals surface area (Å²) in [5.41, 5.74) is 1.52. The van der Waals surface area contributed by atoms with E-state index in [4.69, 9.17) is 0 Å². The fourth-order valence-corrected chi connectivity index (χ4v) is 4.11. The molecule has 0 spiro atoms. The number of carbonyl (C=O) groups is 1. The maximum atomic E-state index is 12.7. The lowest BCUT2D eigenvalue weighted by Crippen LogP contribution is -2.35. The van der Waals surface area contributed by atoms with Gasteiger partial charge in [-0.25, -0.2) is 4.79 Å². The van der Waals surface area contributed by atoms with E-state index in [2.05, 4.69) is 19.2 Å². The highest BCUT2D eigenvalue weighted by atomic mass is 32.1. The van der Waals surface area contributed by atoms with Crippen LogP contribution in [0.3, 0.4) is 0 Å². The molecule has 3 rings (SSSR count). The minimum absolute atomic E-state index is 0.0160. The second-order valence-electron chi connectivity index (χ2n) is 6.87. The van der Waals surface area contributed by atoms with Gasteiger partial charge in [-0.1, -0.05) is 32.0 Å². The topological polar surface area (TPSA) is 56.0 Å². The van der Waals surface area contributed by atoms with E-state index < -0.39 is 0 Å². The molecule has 1 aromatic carbocycles. The fourth-order valence-electron chi connectivity index (χ4n) is 3.32. The Morgan fingerprint density at radius 1 is 1.12 bits per heavy atom. The number of benzene rings is 1. The predicted molar refractivity (Wildman–Crippen MR) is 107 cm³/mol. The van der Waals surface area contributed by atoms with Crippen molar-refractivity contribution in [2.45, 2.75) is 46.3 Å². The molecule has 0 saturated heterocycles. The molecular formula is C20H25N3O2S. The largest absolute Gasteiger partial charge is 0.347 e. The Hall–Kier alpha value is -2.34. The third kappa shape index (κ3) is 3.75. The number of aryl methyl sites for hydroxylation is 1. The van der Waals surface area contributed by atoms with Crippen molar-refractivity contribution in [1.29, 1.82) is 0 Å². The van der Waals surface area contributed by atoms with Gasteiger partial charge >= 0.3 is 5.69 Å². The average Bonchev–Trinajstić information content (AvgIpc) is 3.22. The lowest BCUT2D eigenvalue weighted by Gasteiger charge is -2.19. The van der Waals surface area contributed by atoms with E-state index in [1.165, 1.54) is 0 Å². The Bertz CT molecular complexity index is 938. The molecule has 0 radical (unpaired) electrons. The molecule has 0 saturated carbocycles. The van der Waals surface area contributed by atoms with Gasteiger partial charge in [0.2, 0.25) is 5.91 Å². The minimum Gasteiger partial charge on any atom is -0.347 e. The van der Waals surface area contributed by atoms with Crippen molar-refractivity contribution in [2.24, 2.45) is 5.92 Å². The van der Waals surface area contributed by atoms with E-state index in [0.29, 0.717) is 12.5 Å². The Kier molecular flexibility index (Phi) is 5.61. The monoisotopic (exact) mass is 371 g/mol. The van der Waals surface area contributed by atoms with E-state index in [1.807, 2.05) is 48.7 Å². The Balaban J connectivity index is 1.85. The van der Waals surface area contributed by atoms with Gasteiger partial charge in [0, 0.05) is 11.4 Å². The van der Waals surface area contributed by atoms with Gasteiger partial charge < -0.3 is 5.32 Å². The van der Waals surface area contributed by atoms with Crippen LogP contribution in [-0.4, -0.2) is 15.0 Å². The number of hydrogen-bond donors (Lipinski definition) is 1. The molecule has 3 aromatic rings. The summed E-state index contributed by atoms with van der Waals surface area (Å²) in [5, 5.41) is 5.14. The Labute approximate surface area is 157 Å². The summed E-state index contributed by atoms with van der Waals surface area (Å²) in [4.78, 5) is 26.6. The lowest BCUT2D eigenvalue weighted by atomic mass is 10.0. The van der Waals surface area contributed by atoms with Crippen LogP contribution in [0.15, 0.2) is 46.6 Å². The summed E-state index contributed by atoms with van der Waals surface area (Å²) in [6, 6.07) is 11.6. The van der Waals surface area contributed by atoms with Crippen LogP contribution in [0.2, 0.25) is 0 Å². The number of thiophene rings is 1. The number of nitrogens with zero attached hydrogens (tertiary/aromatic N) is 2. The summed E-state index contributed by atoms with van der Waals surface area (Å²) < 4.78 is 3.27. The standard InChI is InChI=1S/C20H25N3O2S/c1-4-22-16-8-5-6-9-17(16)23(20(22)25)13-19(24)21-15(12-14(2)3)18-10-7-11-26-18/h5-11,14-15H,4,12-13H2,1-3H3,(H,21,24). The molecule has 0 fully saturated rings. The molecule has 1 amide bonds.